The predicted molar refractivity (Wildman–Crippen MR) is 119 cm³/mol. The average molecular weight is 437 g/mol. The Labute approximate surface area is 187 Å². The van der Waals surface area contributed by atoms with E-state index in [1.54, 1.807) is 49.6 Å². The fraction of sp³-hybridized carbons (Fsp3) is 0.360. The smallest absolute Gasteiger partial charge is 0.295 e. The van der Waals surface area contributed by atoms with Crippen LogP contribution in [0.4, 0.5) is 0 Å². The van der Waals surface area contributed by atoms with Gasteiger partial charge in [-0.2, -0.15) is 0 Å². The second-order valence-corrected chi connectivity index (χ2v) is 7.82. The monoisotopic (exact) mass is 437 g/mol. The zero-order valence-corrected chi connectivity index (χ0v) is 18.2. The van der Waals surface area contributed by atoms with Crippen LogP contribution >= 0.6 is 0 Å². The Balaban J connectivity index is 1.82. The number of amides is 1. The van der Waals surface area contributed by atoms with Crippen LogP contribution in [0.15, 0.2) is 54.1 Å². The predicted octanol–water partition coefficient (Wildman–Crippen LogP) is 3.69. The highest BCUT2D eigenvalue weighted by atomic mass is 16.5. The van der Waals surface area contributed by atoms with Crippen molar-refractivity contribution in [3.63, 3.8) is 0 Å². The number of carbonyl (C=O) groups is 2. The van der Waals surface area contributed by atoms with Crippen LogP contribution in [0.1, 0.15) is 36.9 Å². The van der Waals surface area contributed by atoms with Gasteiger partial charge in [-0.1, -0.05) is 24.3 Å². The summed E-state index contributed by atoms with van der Waals surface area (Å²) in [4.78, 5) is 27.7. The van der Waals surface area contributed by atoms with Crippen molar-refractivity contribution in [2.45, 2.75) is 31.9 Å². The Morgan fingerprint density at radius 2 is 1.94 bits per heavy atom. The highest BCUT2D eigenvalue weighted by molar-refractivity contribution is 6.46. The van der Waals surface area contributed by atoms with E-state index >= 15 is 0 Å². The molecule has 2 unspecified atom stereocenters. The molecule has 2 heterocycles. The number of hydrogen-bond donors (Lipinski definition) is 1. The molecule has 0 spiro atoms. The first kappa shape index (κ1) is 21.9. The number of Topliss-reactive ketones (excluding diaryl/α,β-unsaturated/α-hetero) is 1. The lowest BCUT2D eigenvalue weighted by Gasteiger charge is -2.27. The quantitative estimate of drug-likeness (QED) is 0.404. The van der Waals surface area contributed by atoms with Crippen molar-refractivity contribution in [3.05, 3.63) is 65.2 Å². The molecular weight excluding hydrogens is 410 g/mol. The minimum absolute atomic E-state index is 0.0508. The van der Waals surface area contributed by atoms with Gasteiger partial charge < -0.3 is 24.2 Å². The first-order valence-corrected chi connectivity index (χ1v) is 10.8. The van der Waals surface area contributed by atoms with Crippen molar-refractivity contribution in [3.8, 4) is 11.5 Å². The van der Waals surface area contributed by atoms with E-state index in [4.69, 9.17) is 14.2 Å². The lowest BCUT2D eigenvalue weighted by Crippen LogP contribution is -2.36. The maximum atomic E-state index is 13.1. The summed E-state index contributed by atoms with van der Waals surface area (Å²) in [6.07, 6.45) is 1.61. The molecule has 2 aliphatic rings. The van der Waals surface area contributed by atoms with Crippen molar-refractivity contribution < 1.29 is 28.9 Å². The molecule has 2 aromatic carbocycles. The second-order valence-electron chi connectivity index (χ2n) is 7.82. The molecule has 32 heavy (non-hydrogen) atoms. The second kappa shape index (κ2) is 9.44. The number of carbonyl (C=O) groups excluding carboxylic acids is 2. The average Bonchev–Trinajstić information content (AvgIpc) is 3.41. The summed E-state index contributed by atoms with van der Waals surface area (Å²) in [5.74, 6) is -0.412. The fourth-order valence-electron chi connectivity index (χ4n) is 4.29. The normalized spacial score (nSPS) is 22.4. The largest absolute Gasteiger partial charge is 0.507 e. The highest BCUT2D eigenvalue weighted by Gasteiger charge is 2.47. The summed E-state index contributed by atoms with van der Waals surface area (Å²) in [6.45, 7) is 3.26. The van der Waals surface area contributed by atoms with Gasteiger partial charge in [-0.05, 0) is 49.6 Å². The van der Waals surface area contributed by atoms with Gasteiger partial charge in [0.15, 0.2) is 0 Å². The van der Waals surface area contributed by atoms with Crippen LogP contribution in [0.2, 0.25) is 0 Å². The van der Waals surface area contributed by atoms with Crippen LogP contribution < -0.4 is 9.47 Å². The van der Waals surface area contributed by atoms with Gasteiger partial charge in [-0.3, -0.25) is 9.59 Å². The molecule has 2 aliphatic heterocycles. The summed E-state index contributed by atoms with van der Waals surface area (Å²) in [5.41, 5.74) is 1.15. The molecule has 7 nitrogen and oxygen atoms in total. The molecule has 0 aromatic heterocycles. The Morgan fingerprint density at radius 1 is 1.16 bits per heavy atom. The third-order valence-electron chi connectivity index (χ3n) is 5.79. The number of rotatable bonds is 7. The van der Waals surface area contributed by atoms with E-state index in [0.717, 1.165) is 12.8 Å². The third kappa shape index (κ3) is 4.21. The Kier molecular flexibility index (Phi) is 6.46. The number of aliphatic hydroxyl groups excluding tert-OH is 1. The molecule has 2 atom stereocenters. The summed E-state index contributed by atoms with van der Waals surface area (Å²) >= 11 is 0. The molecule has 2 saturated heterocycles. The molecule has 2 aromatic rings. The topological polar surface area (TPSA) is 85.3 Å². The number of aliphatic hydroxyl groups is 1. The first-order chi connectivity index (χ1) is 15.5. The summed E-state index contributed by atoms with van der Waals surface area (Å²) in [6, 6.07) is 13.3. The van der Waals surface area contributed by atoms with E-state index in [9.17, 15) is 14.7 Å². The van der Waals surface area contributed by atoms with Gasteiger partial charge >= 0.3 is 0 Å². The molecule has 0 bridgehead atoms. The van der Waals surface area contributed by atoms with Gasteiger partial charge in [0, 0.05) is 18.7 Å². The number of benzene rings is 2. The van der Waals surface area contributed by atoms with Gasteiger partial charge in [0.05, 0.1) is 31.4 Å². The fourth-order valence-corrected chi connectivity index (χ4v) is 4.29. The van der Waals surface area contributed by atoms with E-state index in [-0.39, 0.29) is 24.0 Å². The Morgan fingerprint density at radius 3 is 2.66 bits per heavy atom. The number of methoxy groups -OCH3 is 1. The highest BCUT2D eigenvalue weighted by Crippen LogP contribution is 2.41. The lowest BCUT2D eigenvalue weighted by molar-refractivity contribution is -0.140. The number of ether oxygens (including phenoxy) is 3. The van der Waals surface area contributed by atoms with E-state index in [1.807, 2.05) is 13.0 Å². The SMILES string of the molecule is CCOc1cccc(/C(O)=C2/C(=O)C(=O)N(CC3CCCO3)C2c2cccc(OC)c2)c1. The van der Waals surface area contributed by atoms with Gasteiger partial charge in [0.25, 0.3) is 11.7 Å². The molecule has 1 N–H and O–H groups in total. The van der Waals surface area contributed by atoms with Gasteiger partial charge in [-0.15, -0.1) is 0 Å². The van der Waals surface area contributed by atoms with Crippen LogP contribution in [0.5, 0.6) is 11.5 Å². The van der Waals surface area contributed by atoms with Crippen molar-refractivity contribution in [2.75, 3.05) is 26.9 Å². The molecule has 0 saturated carbocycles. The Hall–Kier alpha value is -3.32. The molecule has 7 heteroatoms. The molecule has 2 fully saturated rings. The van der Waals surface area contributed by atoms with Crippen LogP contribution in [0, 0.1) is 0 Å². The Bertz CT molecular complexity index is 1040. The maximum absolute atomic E-state index is 13.1. The molecule has 1 amide bonds. The number of ketones is 1. The molecule has 0 aliphatic carbocycles. The zero-order chi connectivity index (χ0) is 22.7. The number of likely N-dealkylation sites (tertiary alicyclic amines) is 1. The third-order valence-corrected chi connectivity index (χ3v) is 5.79. The van der Waals surface area contributed by atoms with Crippen LogP contribution in [0.25, 0.3) is 5.76 Å². The molecule has 4 rings (SSSR count). The van der Waals surface area contributed by atoms with Gasteiger partial charge in [0.2, 0.25) is 0 Å². The van der Waals surface area contributed by atoms with Crippen molar-refractivity contribution in [2.24, 2.45) is 0 Å². The van der Waals surface area contributed by atoms with Crippen LogP contribution in [0.3, 0.4) is 0 Å². The van der Waals surface area contributed by atoms with Gasteiger partial charge in [0.1, 0.15) is 17.3 Å². The van der Waals surface area contributed by atoms with Gasteiger partial charge in [-0.25, -0.2) is 0 Å². The van der Waals surface area contributed by atoms with E-state index in [0.29, 0.717) is 35.8 Å². The molecule has 168 valence electrons. The van der Waals surface area contributed by atoms with Crippen LogP contribution in [-0.2, 0) is 14.3 Å². The summed E-state index contributed by atoms with van der Waals surface area (Å²) in [7, 11) is 1.56. The standard InChI is InChI=1S/C25H27NO6/c1-3-31-19-10-5-8-17(14-19)23(27)21-22(16-7-4-9-18(13-16)30-2)26(25(29)24(21)28)15-20-11-6-12-32-20/h4-5,7-10,13-14,20,22,27H,3,6,11-12,15H2,1-2H3/b23-21-. The summed E-state index contributed by atoms with van der Waals surface area (Å²) in [5, 5.41) is 11.2. The first-order valence-electron chi connectivity index (χ1n) is 10.8. The molecule has 0 radical (unpaired) electrons. The maximum Gasteiger partial charge on any atom is 0.295 e. The zero-order valence-electron chi connectivity index (χ0n) is 18.2. The minimum atomic E-state index is -0.745. The van der Waals surface area contributed by atoms with E-state index < -0.39 is 17.7 Å². The number of nitrogens with zero attached hydrogens (tertiary/aromatic N) is 1. The summed E-state index contributed by atoms with van der Waals surface area (Å²) < 4.78 is 16.6. The van der Waals surface area contributed by atoms with E-state index in [1.165, 1.54) is 4.90 Å². The van der Waals surface area contributed by atoms with Crippen molar-refractivity contribution >= 4 is 17.4 Å². The van der Waals surface area contributed by atoms with E-state index in [2.05, 4.69) is 0 Å². The lowest BCUT2D eigenvalue weighted by atomic mass is 9.95. The minimum Gasteiger partial charge on any atom is -0.507 e. The molecular formula is C25H27NO6. The van der Waals surface area contributed by atoms with Crippen LogP contribution in [-0.4, -0.2) is 54.7 Å². The number of hydrogen-bond acceptors (Lipinski definition) is 6. The van der Waals surface area contributed by atoms with Crippen molar-refractivity contribution in [1.82, 2.24) is 4.90 Å². The van der Waals surface area contributed by atoms with Crippen molar-refractivity contribution in [1.29, 1.82) is 0 Å².